The average molecular weight is 318 g/mol. The first-order valence-corrected chi connectivity index (χ1v) is 8.23. The van der Waals surface area contributed by atoms with Gasteiger partial charge in [0.2, 0.25) is 5.91 Å². The Morgan fingerprint density at radius 1 is 1.35 bits per heavy atom. The number of phenolic OH excluding ortho intramolecular Hbond substituents is 1. The molecule has 1 aliphatic heterocycles. The number of aliphatic imine (C=N–C) groups is 1. The van der Waals surface area contributed by atoms with Crippen LogP contribution in [0.4, 0.5) is 0 Å². The molecular formula is C17H26N4O2. The van der Waals surface area contributed by atoms with Crippen molar-refractivity contribution in [2.24, 2.45) is 4.99 Å². The minimum Gasteiger partial charge on any atom is -0.508 e. The maximum atomic E-state index is 11.7. The molecule has 1 unspecified atom stereocenters. The van der Waals surface area contributed by atoms with Crippen molar-refractivity contribution in [3.05, 3.63) is 29.8 Å². The van der Waals surface area contributed by atoms with E-state index in [4.69, 9.17) is 0 Å². The van der Waals surface area contributed by atoms with Crippen molar-refractivity contribution in [2.45, 2.75) is 39.3 Å². The van der Waals surface area contributed by atoms with Gasteiger partial charge in [0.25, 0.3) is 0 Å². The van der Waals surface area contributed by atoms with Crippen LogP contribution in [0.15, 0.2) is 29.3 Å². The molecule has 0 radical (unpaired) electrons. The van der Waals surface area contributed by atoms with Crippen LogP contribution in [0.1, 0.15) is 32.3 Å². The van der Waals surface area contributed by atoms with Gasteiger partial charge >= 0.3 is 0 Å². The van der Waals surface area contributed by atoms with E-state index in [9.17, 15) is 9.90 Å². The van der Waals surface area contributed by atoms with E-state index in [2.05, 4.69) is 15.6 Å². The van der Waals surface area contributed by atoms with E-state index in [1.807, 2.05) is 30.9 Å². The lowest BCUT2D eigenvalue weighted by Crippen LogP contribution is -2.45. The molecule has 2 rings (SSSR count). The second-order valence-electron chi connectivity index (χ2n) is 5.68. The van der Waals surface area contributed by atoms with E-state index in [1.54, 1.807) is 12.1 Å². The summed E-state index contributed by atoms with van der Waals surface area (Å²) >= 11 is 0. The molecule has 1 heterocycles. The second-order valence-corrected chi connectivity index (χ2v) is 5.68. The van der Waals surface area contributed by atoms with Crippen molar-refractivity contribution in [1.82, 2.24) is 15.5 Å². The molecular weight excluding hydrogens is 292 g/mol. The fraction of sp³-hybridized carbons (Fsp3) is 0.529. The summed E-state index contributed by atoms with van der Waals surface area (Å²) in [6.45, 7) is 6.79. The van der Waals surface area contributed by atoms with Gasteiger partial charge in [-0.05, 0) is 31.0 Å². The first-order valence-electron chi connectivity index (χ1n) is 8.23. The van der Waals surface area contributed by atoms with E-state index < -0.39 is 0 Å². The van der Waals surface area contributed by atoms with Crippen molar-refractivity contribution in [1.29, 1.82) is 0 Å². The van der Waals surface area contributed by atoms with Gasteiger partial charge in [0, 0.05) is 32.1 Å². The maximum absolute atomic E-state index is 11.7. The lowest BCUT2D eigenvalue weighted by atomic mass is 10.2. The number of benzene rings is 1. The zero-order valence-corrected chi connectivity index (χ0v) is 13.9. The number of likely N-dealkylation sites (tertiary alicyclic amines) is 1. The van der Waals surface area contributed by atoms with Gasteiger partial charge in [-0.1, -0.05) is 19.1 Å². The molecule has 1 aliphatic rings. The summed E-state index contributed by atoms with van der Waals surface area (Å²) in [6, 6.07) is 7.29. The summed E-state index contributed by atoms with van der Waals surface area (Å²) in [5.41, 5.74) is 1.04. The van der Waals surface area contributed by atoms with Gasteiger partial charge in [-0.3, -0.25) is 4.79 Å². The smallest absolute Gasteiger partial charge is 0.222 e. The van der Waals surface area contributed by atoms with E-state index in [1.165, 1.54) is 0 Å². The molecule has 6 heteroatoms. The van der Waals surface area contributed by atoms with E-state index in [0.29, 0.717) is 13.0 Å². The molecule has 126 valence electrons. The van der Waals surface area contributed by atoms with Gasteiger partial charge in [-0.15, -0.1) is 0 Å². The van der Waals surface area contributed by atoms with Crippen molar-refractivity contribution < 1.29 is 9.90 Å². The van der Waals surface area contributed by atoms with Crippen LogP contribution in [0.2, 0.25) is 0 Å². The highest BCUT2D eigenvalue weighted by molar-refractivity contribution is 5.80. The Bertz CT molecular complexity index is 542. The average Bonchev–Trinajstić information content (AvgIpc) is 3.02. The first kappa shape index (κ1) is 17.1. The largest absolute Gasteiger partial charge is 0.508 e. The van der Waals surface area contributed by atoms with Gasteiger partial charge in [0.05, 0.1) is 6.54 Å². The summed E-state index contributed by atoms with van der Waals surface area (Å²) in [6.07, 6.45) is 1.50. The Hall–Kier alpha value is -2.24. The summed E-state index contributed by atoms with van der Waals surface area (Å²) in [7, 11) is 0. The molecule has 1 fully saturated rings. The third-order valence-corrected chi connectivity index (χ3v) is 3.88. The lowest BCUT2D eigenvalue weighted by Gasteiger charge is -2.18. The highest BCUT2D eigenvalue weighted by atomic mass is 16.3. The highest BCUT2D eigenvalue weighted by Crippen LogP contribution is 2.12. The Morgan fingerprint density at radius 2 is 2.09 bits per heavy atom. The normalized spacial score (nSPS) is 18.1. The number of hydrogen-bond donors (Lipinski definition) is 3. The second kappa shape index (κ2) is 8.41. The number of guanidine groups is 1. The fourth-order valence-electron chi connectivity index (χ4n) is 2.61. The van der Waals surface area contributed by atoms with Crippen molar-refractivity contribution in [3.63, 3.8) is 0 Å². The molecule has 0 bridgehead atoms. The van der Waals surface area contributed by atoms with Gasteiger partial charge in [-0.25, -0.2) is 4.99 Å². The van der Waals surface area contributed by atoms with Crippen LogP contribution in [0.5, 0.6) is 5.75 Å². The number of aromatic hydroxyl groups is 1. The van der Waals surface area contributed by atoms with E-state index in [0.717, 1.165) is 37.6 Å². The Morgan fingerprint density at radius 3 is 2.74 bits per heavy atom. The summed E-state index contributed by atoms with van der Waals surface area (Å²) < 4.78 is 0. The van der Waals surface area contributed by atoms with Crippen LogP contribution < -0.4 is 10.6 Å². The number of nitrogens with one attached hydrogen (secondary N) is 2. The number of amides is 1. The monoisotopic (exact) mass is 318 g/mol. The Balaban J connectivity index is 1.92. The van der Waals surface area contributed by atoms with Crippen molar-refractivity contribution in [3.8, 4) is 5.75 Å². The summed E-state index contributed by atoms with van der Waals surface area (Å²) in [5, 5.41) is 15.9. The van der Waals surface area contributed by atoms with Crippen LogP contribution in [-0.2, 0) is 11.3 Å². The lowest BCUT2D eigenvalue weighted by molar-refractivity contribution is -0.129. The SMILES string of the molecule is CCNC(=NCc1ccc(O)cc1)NC1CCN(C(=O)CC)C1. The molecule has 1 amide bonds. The van der Waals surface area contributed by atoms with Crippen LogP contribution in [0.25, 0.3) is 0 Å². The third-order valence-electron chi connectivity index (χ3n) is 3.88. The van der Waals surface area contributed by atoms with Crippen LogP contribution in [0, 0.1) is 0 Å². The number of hydrogen-bond acceptors (Lipinski definition) is 3. The first-order chi connectivity index (χ1) is 11.1. The Labute approximate surface area is 137 Å². The molecule has 0 spiro atoms. The topological polar surface area (TPSA) is 77.0 Å². The molecule has 0 aliphatic carbocycles. The zero-order chi connectivity index (χ0) is 16.7. The molecule has 0 saturated carbocycles. The molecule has 1 aromatic rings. The number of carbonyl (C=O) groups excluding carboxylic acids is 1. The number of carbonyl (C=O) groups is 1. The van der Waals surface area contributed by atoms with Gasteiger partial charge < -0.3 is 20.6 Å². The third kappa shape index (κ3) is 5.16. The molecule has 1 aromatic carbocycles. The van der Waals surface area contributed by atoms with Crippen LogP contribution >= 0.6 is 0 Å². The van der Waals surface area contributed by atoms with Gasteiger partial charge in [0.15, 0.2) is 5.96 Å². The maximum Gasteiger partial charge on any atom is 0.222 e. The highest BCUT2D eigenvalue weighted by Gasteiger charge is 2.25. The number of nitrogens with zero attached hydrogens (tertiary/aromatic N) is 2. The molecule has 3 N–H and O–H groups in total. The zero-order valence-electron chi connectivity index (χ0n) is 13.9. The van der Waals surface area contributed by atoms with Gasteiger partial charge in [-0.2, -0.15) is 0 Å². The fourth-order valence-corrected chi connectivity index (χ4v) is 2.61. The minimum atomic E-state index is 0.209. The predicted molar refractivity (Wildman–Crippen MR) is 91.3 cm³/mol. The molecule has 23 heavy (non-hydrogen) atoms. The minimum absolute atomic E-state index is 0.209. The predicted octanol–water partition coefficient (Wildman–Crippen LogP) is 1.46. The van der Waals surface area contributed by atoms with Crippen LogP contribution in [0.3, 0.4) is 0 Å². The summed E-state index contributed by atoms with van der Waals surface area (Å²) in [5.74, 6) is 1.23. The standard InChI is InChI=1S/C17H26N4O2/c1-3-16(23)21-10-9-14(12-21)20-17(18-4-2)19-11-13-5-7-15(22)8-6-13/h5-8,14,22H,3-4,9-12H2,1-2H3,(H2,18,19,20). The van der Waals surface area contributed by atoms with Crippen molar-refractivity contribution in [2.75, 3.05) is 19.6 Å². The van der Waals surface area contributed by atoms with E-state index in [-0.39, 0.29) is 17.7 Å². The molecule has 1 saturated heterocycles. The van der Waals surface area contributed by atoms with E-state index >= 15 is 0 Å². The Kier molecular flexibility index (Phi) is 6.26. The van der Waals surface area contributed by atoms with Gasteiger partial charge in [0.1, 0.15) is 5.75 Å². The molecule has 6 nitrogen and oxygen atoms in total. The van der Waals surface area contributed by atoms with Crippen molar-refractivity contribution >= 4 is 11.9 Å². The summed E-state index contributed by atoms with van der Waals surface area (Å²) in [4.78, 5) is 18.2. The molecule has 1 atom stereocenters. The quantitative estimate of drug-likeness (QED) is 0.567. The van der Waals surface area contributed by atoms with Crippen LogP contribution in [-0.4, -0.2) is 47.5 Å². The number of phenols is 1. The number of rotatable bonds is 5. The molecule has 0 aromatic heterocycles.